The lowest BCUT2D eigenvalue weighted by molar-refractivity contribution is 0.252. The zero-order valence-corrected chi connectivity index (χ0v) is 15.0. The van der Waals surface area contributed by atoms with Crippen LogP contribution in [0.4, 0.5) is 0 Å². The monoisotopic (exact) mass is 329 g/mol. The number of methoxy groups -OCH3 is 1. The standard InChI is InChI=1S/C19H27N3O2/c1-13(12-22-6-5-21-15(22)3)10-20-11-17-9-18(23-4)8-16-7-14(2)24-19(16)17/h5-6,8-9,13-14,20H,7,10-12H2,1-4H3. The van der Waals surface area contributed by atoms with Gasteiger partial charge in [-0.2, -0.15) is 0 Å². The van der Waals surface area contributed by atoms with Crippen LogP contribution in [0.3, 0.4) is 0 Å². The highest BCUT2D eigenvalue weighted by Crippen LogP contribution is 2.36. The Morgan fingerprint density at radius 1 is 1.46 bits per heavy atom. The third kappa shape index (κ3) is 3.73. The maximum atomic E-state index is 5.99. The van der Waals surface area contributed by atoms with Crippen molar-refractivity contribution in [1.29, 1.82) is 0 Å². The number of aryl methyl sites for hydroxylation is 1. The van der Waals surface area contributed by atoms with Crippen molar-refractivity contribution in [3.05, 3.63) is 41.5 Å². The molecule has 1 aliphatic heterocycles. The molecular weight excluding hydrogens is 302 g/mol. The van der Waals surface area contributed by atoms with E-state index < -0.39 is 0 Å². The van der Waals surface area contributed by atoms with Gasteiger partial charge in [-0.25, -0.2) is 4.98 Å². The molecule has 24 heavy (non-hydrogen) atoms. The van der Waals surface area contributed by atoms with Gasteiger partial charge in [0.15, 0.2) is 0 Å². The molecule has 0 fully saturated rings. The molecule has 0 radical (unpaired) electrons. The molecule has 0 spiro atoms. The Balaban J connectivity index is 1.59. The van der Waals surface area contributed by atoms with Crippen LogP contribution in [0, 0.1) is 12.8 Å². The summed E-state index contributed by atoms with van der Waals surface area (Å²) in [5, 5.41) is 3.56. The SMILES string of the molecule is COc1cc(CNCC(C)Cn2ccnc2C)c2c(c1)CC(C)O2. The quantitative estimate of drug-likeness (QED) is 0.848. The number of benzene rings is 1. The predicted octanol–water partition coefficient (Wildman–Crippen LogP) is 2.95. The van der Waals surface area contributed by atoms with E-state index in [0.29, 0.717) is 5.92 Å². The normalized spacial score (nSPS) is 17.4. The van der Waals surface area contributed by atoms with Gasteiger partial charge in [0.25, 0.3) is 0 Å². The molecule has 1 aromatic carbocycles. The summed E-state index contributed by atoms with van der Waals surface area (Å²) in [5.74, 6) is 3.53. The first kappa shape index (κ1) is 16.8. The summed E-state index contributed by atoms with van der Waals surface area (Å²) < 4.78 is 13.6. The molecule has 5 heteroatoms. The molecule has 0 saturated carbocycles. The van der Waals surface area contributed by atoms with Crippen molar-refractivity contribution in [2.75, 3.05) is 13.7 Å². The molecule has 2 heterocycles. The second-order valence-corrected chi connectivity index (χ2v) is 6.77. The highest BCUT2D eigenvalue weighted by Gasteiger charge is 2.23. The fourth-order valence-corrected chi connectivity index (χ4v) is 3.28. The molecule has 0 saturated heterocycles. The second kappa shape index (κ2) is 7.26. The largest absolute Gasteiger partial charge is 0.497 e. The summed E-state index contributed by atoms with van der Waals surface area (Å²) in [4.78, 5) is 4.28. The van der Waals surface area contributed by atoms with Gasteiger partial charge in [0, 0.05) is 43.0 Å². The lowest BCUT2D eigenvalue weighted by Gasteiger charge is -2.16. The van der Waals surface area contributed by atoms with Crippen LogP contribution in [0.15, 0.2) is 24.5 Å². The molecule has 0 amide bonds. The highest BCUT2D eigenvalue weighted by molar-refractivity contribution is 5.49. The smallest absolute Gasteiger partial charge is 0.127 e. The number of ether oxygens (including phenoxy) is 2. The number of hydrogen-bond donors (Lipinski definition) is 1. The Morgan fingerprint density at radius 3 is 3.00 bits per heavy atom. The summed E-state index contributed by atoms with van der Waals surface area (Å²) >= 11 is 0. The van der Waals surface area contributed by atoms with Gasteiger partial charge in [-0.1, -0.05) is 6.92 Å². The van der Waals surface area contributed by atoms with Crippen molar-refractivity contribution in [3.63, 3.8) is 0 Å². The van der Waals surface area contributed by atoms with Crippen molar-refractivity contribution in [1.82, 2.24) is 14.9 Å². The van der Waals surface area contributed by atoms with Crippen LogP contribution < -0.4 is 14.8 Å². The Kier molecular flexibility index (Phi) is 5.09. The Morgan fingerprint density at radius 2 is 2.29 bits per heavy atom. The third-order valence-electron chi connectivity index (χ3n) is 4.52. The first-order valence-electron chi connectivity index (χ1n) is 8.61. The number of aromatic nitrogens is 2. The van der Waals surface area contributed by atoms with E-state index in [9.17, 15) is 0 Å². The maximum absolute atomic E-state index is 5.99. The van der Waals surface area contributed by atoms with E-state index in [4.69, 9.17) is 9.47 Å². The highest BCUT2D eigenvalue weighted by atomic mass is 16.5. The lowest BCUT2D eigenvalue weighted by Crippen LogP contribution is -2.24. The Labute approximate surface area is 144 Å². The number of rotatable bonds is 7. The van der Waals surface area contributed by atoms with Gasteiger partial charge in [0.2, 0.25) is 0 Å². The molecular formula is C19H27N3O2. The maximum Gasteiger partial charge on any atom is 0.127 e. The van der Waals surface area contributed by atoms with Crippen molar-refractivity contribution in [2.24, 2.45) is 5.92 Å². The second-order valence-electron chi connectivity index (χ2n) is 6.77. The molecule has 1 N–H and O–H groups in total. The van der Waals surface area contributed by atoms with E-state index in [1.54, 1.807) is 7.11 Å². The number of fused-ring (bicyclic) bond motifs is 1. The molecule has 2 unspecified atom stereocenters. The Hall–Kier alpha value is -2.01. The van der Waals surface area contributed by atoms with Crippen LogP contribution >= 0.6 is 0 Å². The van der Waals surface area contributed by atoms with Crippen LogP contribution in [0.1, 0.15) is 30.8 Å². The first-order valence-corrected chi connectivity index (χ1v) is 8.61. The zero-order chi connectivity index (χ0) is 17.1. The average Bonchev–Trinajstić information content (AvgIpc) is 3.12. The van der Waals surface area contributed by atoms with Gasteiger partial charge in [-0.15, -0.1) is 0 Å². The predicted molar refractivity (Wildman–Crippen MR) is 94.6 cm³/mol. The van der Waals surface area contributed by atoms with Gasteiger partial charge in [0.05, 0.1) is 7.11 Å². The average molecular weight is 329 g/mol. The zero-order valence-electron chi connectivity index (χ0n) is 15.0. The van der Waals surface area contributed by atoms with Crippen LogP contribution in [-0.4, -0.2) is 29.3 Å². The minimum atomic E-state index is 0.244. The molecule has 2 aromatic rings. The van der Waals surface area contributed by atoms with E-state index in [0.717, 1.165) is 43.4 Å². The summed E-state index contributed by atoms with van der Waals surface area (Å²) in [7, 11) is 1.72. The molecule has 130 valence electrons. The number of nitrogens with one attached hydrogen (secondary N) is 1. The van der Waals surface area contributed by atoms with E-state index in [-0.39, 0.29) is 6.10 Å². The van der Waals surface area contributed by atoms with Gasteiger partial charge in [0.1, 0.15) is 23.4 Å². The van der Waals surface area contributed by atoms with Crippen LogP contribution in [0.5, 0.6) is 11.5 Å². The minimum absolute atomic E-state index is 0.244. The molecule has 0 bridgehead atoms. The van der Waals surface area contributed by atoms with Crippen molar-refractivity contribution >= 4 is 0 Å². The van der Waals surface area contributed by atoms with E-state index in [1.807, 2.05) is 19.3 Å². The van der Waals surface area contributed by atoms with E-state index in [1.165, 1.54) is 11.1 Å². The molecule has 3 rings (SSSR count). The van der Waals surface area contributed by atoms with Gasteiger partial charge in [-0.05, 0) is 38.4 Å². The lowest BCUT2D eigenvalue weighted by atomic mass is 10.1. The Bertz CT molecular complexity index is 696. The molecule has 2 atom stereocenters. The third-order valence-corrected chi connectivity index (χ3v) is 4.52. The summed E-state index contributed by atoms with van der Waals surface area (Å²) in [6.45, 7) is 9.11. The van der Waals surface area contributed by atoms with E-state index in [2.05, 4.69) is 40.8 Å². The van der Waals surface area contributed by atoms with Crippen LogP contribution in [0.25, 0.3) is 0 Å². The minimum Gasteiger partial charge on any atom is -0.497 e. The summed E-state index contributed by atoms with van der Waals surface area (Å²) in [6, 6.07) is 4.17. The number of nitrogens with zero attached hydrogens (tertiary/aromatic N) is 2. The summed E-state index contributed by atoms with van der Waals surface area (Å²) in [5.41, 5.74) is 2.43. The molecule has 0 aliphatic carbocycles. The number of hydrogen-bond acceptors (Lipinski definition) is 4. The van der Waals surface area contributed by atoms with Gasteiger partial charge < -0.3 is 19.4 Å². The fraction of sp³-hybridized carbons (Fsp3) is 0.526. The van der Waals surface area contributed by atoms with E-state index >= 15 is 0 Å². The first-order chi connectivity index (χ1) is 11.6. The van der Waals surface area contributed by atoms with Crippen LogP contribution in [-0.2, 0) is 19.5 Å². The summed E-state index contributed by atoms with van der Waals surface area (Å²) in [6.07, 6.45) is 5.09. The fourth-order valence-electron chi connectivity index (χ4n) is 3.28. The van der Waals surface area contributed by atoms with Crippen molar-refractivity contribution < 1.29 is 9.47 Å². The van der Waals surface area contributed by atoms with Gasteiger partial charge >= 0.3 is 0 Å². The van der Waals surface area contributed by atoms with Crippen molar-refractivity contribution in [2.45, 2.75) is 46.4 Å². The van der Waals surface area contributed by atoms with Gasteiger partial charge in [-0.3, -0.25) is 0 Å². The molecule has 1 aromatic heterocycles. The number of imidazole rings is 1. The molecule has 5 nitrogen and oxygen atoms in total. The van der Waals surface area contributed by atoms with Crippen LogP contribution in [0.2, 0.25) is 0 Å². The van der Waals surface area contributed by atoms with Crippen molar-refractivity contribution in [3.8, 4) is 11.5 Å². The molecule has 1 aliphatic rings. The topological polar surface area (TPSA) is 48.3 Å².